The number of ether oxygens (including phenoxy) is 2. The Bertz CT molecular complexity index is 424. The lowest BCUT2D eigenvalue weighted by molar-refractivity contribution is 0.122. The van der Waals surface area contributed by atoms with Crippen molar-refractivity contribution in [2.24, 2.45) is 0 Å². The van der Waals surface area contributed by atoms with E-state index in [2.05, 4.69) is 6.07 Å². The van der Waals surface area contributed by atoms with Gasteiger partial charge >= 0.3 is 0 Å². The molecular weight excluding hydrogens is 214 g/mol. The summed E-state index contributed by atoms with van der Waals surface area (Å²) in [5.41, 5.74) is 0.567. The Hall–Kier alpha value is -1.53. The summed E-state index contributed by atoms with van der Waals surface area (Å²) in [7, 11) is 0. The van der Waals surface area contributed by atoms with Gasteiger partial charge in [-0.2, -0.15) is 5.26 Å². The molecule has 0 bridgehead atoms. The van der Waals surface area contributed by atoms with Crippen LogP contribution in [0.1, 0.15) is 25.3 Å². The molecule has 0 saturated heterocycles. The Balaban J connectivity index is 2.27. The second-order valence-electron chi connectivity index (χ2n) is 4.24. The molecule has 1 aliphatic rings. The van der Waals surface area contributed by atoms with Crippen molar-refractivity contribution in [3.63, 3.8) is 0 Å². The highest BCUT2D eigenvalue weighted by Crippen LogP contribution is 2.40. The van der Waals surface area contributed by atoms with Crippen molar-refractivity contribution in [3.05, 3.63) is 29.8 Å². The van der Waals surface area contributed by atoms with Crippen molar-refractivity contribution >= 4 is 0 Å². The molecule has 17 heavy (non-hydrogen) atoms. The monoisotopic (exact) mass is 231 g/mol. The molecule has 0 aromatic heterocycles. The molecule has 90 valence electrons. The van der Waals surface area contributed by atoms with Gasteiger partial charge in [-0.3, -0.25) is 0 Å². The number of hydrogen-bond acceptors (Lipinski definition) is 3. The first kappa shape index (κ1) is 11.9. The summed E-state index contributed by atoms with van der Waals surface area (Å²) in [6.45, 7) is 3.89. The van der Waals surface area contributed by atoms with Crippen LogP contribution in [0.2, 0.25) is 0 Å². The maximum atomic E-state index is 9.53. The van der Waals surface area contributed by atoms with E-state index in [0.29, 0.717) is 19.8 Å². The molecule has 0 spiro atoms. The third-order valence-corrected chi connectivity index (χ3v) is 3.28. The lowest BCUT2D eigenvalue weighted by Gasteiger charge is -2.33. The van der Waals surface area contributed by atoms with Crippen molar-refractivity contribution in [2.75, 3.05) is 19.8 Å². The summed E-state index contributed by atoms with van der Waals surface area (Å²) in [5, 5.41) is 9.53. The first-order chi connectivity index (χ1) is 8.32. The van der Waals surface area contributed by atoms with Crippen LogP contribution in [0.15, 0.2) is 24.3 Å². The van der Waals surface area contributed by atoms with Crippen molar-refractivity contribution in [2.45, 2.75) is 25.2 Å². The van der Waals surface area contributed by atoms with Crippen molar-refractivity contribution in [1.82, 2.24) is 0 Å². The van der Waals surface area contributed by atoms with Crippen LogP contribution >= 0.6 is 0 Å². The summed E-state index contributed by atoms with van der Waals surface area (Å²) in [5.74, 6) is 0.844. The zero-order chi connectivity index (χ0) is 12.1. The summed E-state index contributed by atoms with van der Waals surface area (Å²) >= 11 is 0. The molecule has 3 nitrogen and oxygen atoms in total. The number of fused-ring (bicyclic) bond motifs is 1. The van der Waals surface area contributed by atoms with E-state index in [1.807, 2.05) is 31.2 Å². The van der Waals surface area contributed by atoms with Crippen LogP contribution in [0.25, 0.3) is 0 Å². The van der Waals surface area contributed by atoms with Crippen LogP contribution in [0.4, 0.5) is 0 Å². The van der Waals surface area contributed by atoms with Crippen molar-refractivity contribution in [1.29, 1.82) is 5.26 Å². The average Bonchev–Trinajstić information content (AvgIpc) is 2.39. The molecule has 1 unspecified atom stereocenters. The fourth-order valence-corrected chi connectivity index (χ4v) is 2.28. The summed E-state index contributed by atoms with van der Waals surface area (Å²) in [6.07, 6.45) is 1.48. The number of nitriles is 1. The van der Waals surface area contributed by atoms with Gasteiger partial charge in [-0.1, -0.05) is 18.2 Å². The van der Waals surface area contributed by atoms with E-state index < -0.39 is 5.41 Å². The second-order valence-corrected chi connectivity index (χ2v) is 4.24. The molecule has 0 radical (unpaired) electrons. The predicted molar refractivity (Wildman–Crippen MR) is 65.0 cm³/mol. The zero-order valence-corrected chi connectivity index (χ0v) is 10.1. The molecule has 0 saturated carbocycles. The number of nitrogens with zero attached hydrogens (tertiary/aromatic N) is 1. The Morgan fingerprint density at radius 2 is 2.29 bits per heavy atom. The van der Waals surface area contributed by atoms with Gasteiger partial charge in [-0.05, 0) is 19.4 Å². The average molecular weight is 231 g/mol. The molecule has 1 atom stereocenters. The van der Waals surface area contributed by atoms with Crippen LogP contribution in [-0.2, 0) is 10.2 Å². The fourth-order valence-electron chi connectivity index (χ4n) is 2.28. The minimum absolute atomic E-state index is 0.440. The SMILES string of the molecule is CCOCCC1(C#N)CCOc2ccccc21. The second kappa shape index (κ2) is 5.20. The number of hydrogen-bond donors (Lipinski definition) is 0. The van der Waals surface area contributed by atoms with Crippen LogP contribution in [0, 0.1) is 11.3 Å². The number of rotatable bonds is 4. The Labute approximate surface area is 102 Å². The van der Waals surface area contributed by atoms with Gasteiger partial charge in [0.15, 0.2) is 0 Å². The van der Waals surface area contributed by atoms with Crippen LogP contribution in [-0.4, -0.2) is 19.8 Å². The molecule has 1 aliphatic heterocycles. The first-order valence-electron chi connectivity index (χ1n) is 6.04. The molecule has 1 heterocycles. The maximum absolute atomic E-state index is 9.53. The van der Waals surface area contributed by atoms with E-state index in [4.69, 9.17) is 9.47 Å². The highest BCUT2D eigenvalue weighted by atomic mass is 16.5. The molecular formula is C14H17NO2. The summed E-state index contributed by atoms with van der Waals surface area (Å²) in [4.78, 5) is 0. The van der Waals surface area contributed by atoms with Gasteiger partial charge in [0.1, 0.15) is 5.75 Å². The van der Waals surface area contributed by atoms with Crippen molar-refractivity contribution < 1.29 is 9.47 Å². The number of para-hydroxylation sites is 1. The summed E-state index contributed by atoms with van der Waals surface area (Å²) in [6, 6.07) is 10.3. The molecule has 2 rings (SSSR count). The highest BCUT2D eigenvalue weighted by molar-refractivity contribution is 5.45. The Morgan fingerprint density at radius 1 is 1.47 bits per heavy atom. The van der Waals surface area contributed by atoms with E-state index in [0.717, 1.165) is 24.2 Å². The molecule has 1 aromatic rings. The fraction of sp³-hybridized carbons (Fsp3) is 0.500. The summed E-state index contributed by atoms with van der Waals surface area (Å²) < 4.78 is 11.0. The van der Waals surface area contributed by atoms with E-state index >= 15 is 0 Å². The molecule has 0 N–H and O–H groups in total. The van der Waals surface area contributed by atoms with Gasteiger partial charge in [-0.15, -0.1) is 0 Å². The van der Waals surface area contributed by atoms with Crippen LogP contribution in [0.3, 0.4) is 0 Å². The minimum Gasteiger partial charge on any atom is -0.493 e. The third-order valence-electron chi connectivity index (χ3n) is 3.28. The van der Waals surface area contributed by atoms with E-state index in [9.17, 15) is 5.26 Å². The van der Waals surface area contributed by atoms with E-state index in [1.165, 1.54) is 0 Å². The minimum atomic E-state index is -0.440. The van der Waals surface area contributed by atoms with Gasteiger partial charge in [0.05, 0.1) is 18.1 Å². The van der Waals surface area contributed by atoms with Gasteiger partial charge in [-0.25, -0.2) is 0 Å². The standard InChI is InChI=1S/C14H17NO2/c1-2-16-9-7-14(11-15)8-10-17-13-6-4-3-5-12(13)14/h3-6H,2,7-10H2,1H3. The van der Waals surface area contributed by atoms with E-state index in [-0.39, 0.29) is 0 Å². The Morgan fingerprint density at radius 3 is 3.06 bits per heavy atom. The van der Waals surface area contributed by atoms with Gasteiger partial charge in [0.2, 0.25) is 0 Å². The molecule has 1 aromatic carbocycles. The number of benzene rings is 1. The third kappa shape index (κ3) is 2.27. The first-order valence-corrected chi connectivity index (χ1v) is 6.04. The lowest BCUT2D eigenvalue weighted by Crippen LogP contribution is -2.32. The Kier molecular flexibility index (Phi) is 3.65. The topological polar surface area (TPSA) is 42.2 Å². The zero-order valence-electron chi connectivity index (χ0n) is 10.1. The molecule has 0 amide bonds. The lowest BCUT2D eigenvalue weighted by atomic mass is 9.75. The van der Waals surface area contributed by atoms with Crippen molar-refractivity contribution in [3.8, 4) is 11.8 Å². The maximum Gasteiger partial charge on any atom is 0.124 e. The van der Waals surface area contributed by atoms with Gasteiger partial charge < -0.3 is 9.47 Å². The van der Waals surface area contributed by atoms with E-state index in [1.54, 1.807) is 0 Å². The van der Waals surface area contributed by atoms with Crippen LogP contribution in [0.5, 0.6) is 5.75 Å². The van der Waals surface area contributed by atoms with Crippen LogP contribution < -0.4 is 4.74 Å². The quantitative estimate of drug-likeness (QED) is 0.748. The van der Waals surface area contributed by atoms with Gasteiger partial charge in [0.25, 0.3) is 0 Å². The molecule has 0 fully saturated rings. The predicted octanol–water partition coefficient (Wildman–Crippen LogP) is 2.66. The molecule has 0 aliphatic carbocycles. The smallest absolute Gasteiger partial charge is 0.124 e. The van der Waals surface area contributed by atoms with Gasteiger partial charge in [0, 0.05) is 25.2 Å². The normalized spacial score (nSPS) is 22.4. The largest absolute Gasteiger partial charge is 0.493 e. The molecule has 3 heteroatoms. The highest BCUT2D eigenvalue weighted by Gasteiger charge is 2.37.